The number of piperidine rings is 1. The van der Waals surface area contributed by atoms with Crippen LogP contribution in [0.15, 0.2) is 0 Å². The second-order valence-corrected chi connectivity index (χ2v) is 5.54. The molecule has 82 valence electrons. The van der Waals surface area contributed by atoms with Crippen molar-refractivity contribution in [1.82, 2.24) is 4.90 Å². The van der Waals surface area contributed by atoms with Crippen LogP contribution in [0.25, 0.3) is 0 Å². The van der Waals surface area contributed by atoms with Gasteiger partial charge in [0.05, 0.1) is 0 Å². The molecule has 1 saturated carbocycles. The van der Waals surface area contributed by atoms with Gasteiger partial charge in [-0.25, -0.2) is 0 Å². The van der Waals surface area contributed by atoms with Gasteiger partial charge in [0.15, 0.2) is 0 Å². The van der Waals surface area contributed by atoms with Gasteiger partial charge in [0.1, 0.15) is 0 Å². The molecule has 4 atom stereocenters. The first-order valence-corrected chi connectivity index (χ1v) is 6.14. The molecule has 2 aliphatic rings. The highest BCUT2D eigenvalue weighted by molar-refractivity contribution is 4.92. The van der Waals surface area contributed by atoms with Crippen molar-refractivity contribution in [1.29, 1.82) is 0 Å². The molecule has 4 unspecified atom stereocenters. The fraction of sp³-hybridized carbons (Fsp3) is 1.00. The summed E-state index contributed by atoms with van der Waals surface area (Å²) < 4.78 is 0. The highest BCUT2D eigenvalue weighted by Gasteiger charge is 2.37. The van der Waals surface area contributed by atoms with Gasteiger partial charge in [0, 0.05) is 19.1 Å². The molecule has 0 aromatic heterocycles. The lowest BCUT2D eigenvalue weighted by Gasteiger charge is -2.48. The highest BCUT2D eigenvalue weighted by Crippen LogP contribution is 2.34. The summed E-state index contributed by atoms with van der Waals surface area (Å²) in [5.41, 5.74) is 5.77. The van der Waals surface area contributed by atoms with Gasteiger partial charge in [-0.2, -0.15) is 0 Å². The molecular formula is C12H24N2. The number of hydrogen-bond donors (Lipinski definition) is 1. The van der Waals surface area contributed by atoms with Crippen molar-refractivity contribution in [3.63, 3.8) is 0 Å². The van der Waals surface area contributed by atoms with Crippen LogP contribution in [0.2, 0.25) is 0 Å². The maximum atomic E-state index is 5.77. The van der Waals surface area contributed by atoms with Crippen molar-refractivity contribution >= 4 is 0 Å². The summed E-state index contributed by atoms with van der Waals surface area (Å²) in [4.78, 5) is 2.71. The Balaban J connectivity index is 1.90. The van der Waals surface area contributed by atoms with Crippen LogP contribution in [0, 0.1) is 17.8 Å². The van der Waals surface area contributed by atoms with Crippen molar-refractivity contribution in [3.05, 3.63) is 0 Å². The van der Waals surface area contributed by atoms with Gasteiger partial charge >= 0.3 is 0 Å². The van der Waals surface area contributed by atoms with E-state index < -0.39 is 0 Å². The molecule has 0 aromatic carbocycles. The van der Waals surface area contributed by atoms with Gasteiger partial charge in [0.2, 0.25) is 0 Å². The molecule has 14 heavy (non-hydrogen) atoms. The predicted molar refractivity (Wildman–Crippen MR) is 60.1 cm³/mol. The monoisotopic (exact) mass is 196 g/mol. The van der Waals surface area contributed by atoms with Gasteiger partial charge in [0.25, 0.3) is 0 Å². The Bertz CT molecular complexity index is 181. The molecule has 2 fully saturated rings. The van der Waals surface area contributed by atoms with Gasteiger partial charge in [-0.1, -0.05) is 13.8 Å². The lowest BCUT2D eigenvalue weighted by Crippen LogP contribution is -2.54. The zero-order chi connectivity index (χ0) is 10.1. The Morgan fingerprint density at radius 3 is 2.21 bits per heavy atom. The minimum atomic E-state index is 0.799. The van der Waals surface area contributed by atoms with Gasteiger partial charge in [-0.05, 0) is 43.6 Å². The average Bonchev–Trinajstić information content (AvgIpc) is 2.00. The zero-order valence-electron chi connectivity index (χ0n) is 9.58. The van der Waals surface area contributed by atoms with E-state index in [1.807, 2.05) is 0 Å². The maximum absolute atomic E-state index is 5.77. The Morgan fingerprint density at radius 2 is 1.79 bits per heavy atom. The van der Waals surface area contributed by atoms with Crippen molar-refractivity contribution in [2.45, 2.75) is 39.2 Å². The van der Waals surface area contributed by atoms with E-state index in [0.29, 0.717) is 0 Å². The minimum absolute atomic E-state index is 0.799. The Hall–Kier alpha value is -0.0800. The molecule has 0 amide bonds. The normalized spacial score (nSPS) is 44.8. The Kier molecular flexibility index (Phi) is 3.13. The van der Waals surface area contributed by atoms with Crippen LogP contribution in [0.1, 0.15) is 33.1 Å². The standard InChI is InChI=1S/C12H24N2/c1-9-5-10(2)8-14(7-9)12-4-3-11(12)6-13/h9-12H,3-8,13H2,1-2H3. The molecule has 2 heteroatoms. The average molecular weight is 196 g/mol. The van der Waals surface area contributed by atoms with E-state index in [-0.39, 0.29) is 0 Å². The van der Waals surface area contributed by atoms with Crippen LogP contribution in [-0.2, 0) is 0 Å². The van der Waals surface area contributed by atoms with Crippen LogP contribution in [0.3, 0.4) is 0 Å². The first-order chi connectivity index (χ1) is 6.70. The van der Waals surface area contributed by atoms with Gasteiger partial charge < -0.3 is 5.73 Å². The molecular weight excluding hydrogens is 172 g/mol. The number of hydrogen-bond acceptors (Lipinski definition) is 2. The second-order valence-electron chi connectivity index (χ2n) is 5.54. The molecule has 0 aromatic rings. The summed E-state index contributed by atoms with van der Waals surface area (Å²) in [6, 6.07) is 0.824. The summed E-state index contributed by atoms with van der Waals surface area (Å²) in [5.74, 6) is 2.57. The van der Waals surface area contributed by atoms with Crippen molar-refractivity contribution < 1.29 is 0 Å². The molecule has 1 aliphatic heterocycles. The van der Waals surface area contributed by atoms with Crippen LogP contribution < -0.4 is 5.73 Å². The van der Waals surface area contributed by atoms with Crippen molar-refractivity contribution in [2.24, 2.45) is 23.5 Å². The van der Waals surface area contributed by atoms with E-state index in [4.69, 9.17) is 5.73 Å². The van der Waals surface area contributed by atoms with E-state index in [9.17, 15) is 0 Å². The third-order valence-corrected chi connectivity index (χ3v) is 4.05. The molecule has 2 nitrogen and oxygen atoms in total. The van der Waals surface area contributed by atoms with E-state index in [1.165, 1.54) is 32.4 Å². The number of likely N-dealkylation sites (tertiary alicyclic amines) is 1. The van der Waals surface area contributed by atoms with Crippen LogP contribution in [0.4, 0.5) is 0 Å². The summed E-state index contributed by atoms with van der Waals surface area (Å²) in [5, 5.41) is 0. The molecule has 1 aliphatic carbocycles. The van der Waals surface area contributed by atoms with Crippen LogP contribution in [0.5, 0.6) is 0 Å². The van der Waals surface area contributed by atoms with Crippen molar-refractivity contribution in [2.75, 3.05) is 19.6 Å². The largest absolute Gasteiger partial charge is 0.330 e. The Labute approximate surface area is 87.8 Å². The highest BCUT2D eigenvalue weighted by atomic mass is 15.2. The molecule has 1 saturated heterocycles. The van der Waals surface area contributed by atoms with Crippen LogP contribution >= 0.6 is 0 Å². The fourth-order valence-corrected chi connectivity index (χ4v) is 3.29. The predicted octanol–water partition coefficient (Wildman–Crippen LogP) is 1.70. The topological polar surface area (TPSA) is 29.3 Å². The first-order valence-electron chi connectivity index (χ1n) is 6.14. The van der Waals surface area contributed by atoms with Gasteiger partial charge in [-0.15, -0.1) is 0 Å². The molecule has 0 bridgehead atoms. The summed E-state index contributed by atoms with van der Waals surface area (Å²) in [6.07, 6.45) is 4.16. The van der Waals surface area contributed by atoms with E-state index in [2.05, 4.69) is 18.7 Å². The third kappa shape index (κ3) is 1.96. The molecule has 0 radical (unpaired) electrons. The van der Waals surface area contributed by atoms with Crippen LogP contribution in [-0.4, -0.2) is 30.6 Å². The van der Waals surface area contributed by atoms with Gasteiger partial charge in [-0.3, -0.25) is 4.90 Å². The smallest absolute Gasteiger partial charge is 0.0136 e. The number of nitrogens with two attached hydrogens (primary N) is 1. The lowest BCUT2D eigenvalue weighted by molar-refractivity contribution is 0.0173. The SMILES string of the molecule is CC1CC(C)CN(C2CCC2CN)C1. The maximum Gasteiger partial charge on any atom is 0.0136 e. The van der Waals surface area contributed by atoms with E-state index >= 15 is 0 Å². The second kappa shape index (κ2) is 4.19. The molecule has 1 heterocycles. The first kappa shape index (κ1) is 10.4. The fourth-order valence-electron chi connectivity index (χ4n) is 3.29. The summed E-state index contributed by atoms with van der Waals surface area (Å²) >= 11 is 0. The summed E-state index contributed by atoms with van der Waals surface area (Å²) in [6.45, 7) is 8.29. The Morgan fingerprint density at radius 1 is 1.14 bits per heavy atom. The summed E-state index contributed by atoms with van der Waals surface area (Å²) in [7, 11) is 0. The number of nitrogens with zero attached hydrogens (tertiary/aromatic N) is 1. The van der Waals surface area contributed by atoms with Crippen molar-refractivity contribution in [3.8, 4) is 0 Å². The number of rotatable bonds is 2. The minimum Gasteiger partial charge on any atom is -0.330 e. The molecule has 2 N–H and O–H groups in total. The van der Waals surface area contributed by atoms with E-state index in [1.54, 1.807) is 0 Å². The van der Waals surface area contributed by atoms with E-state index in [0.717, 1.165) is 30.3 Å². The molecule has 0 spiro atoms. The lowest BCUT2D eigenvalue weighted by atomic mass is 9.76. The third-order valence-electron chi connectivity index (χ3n) is 4.05. The zero-order valence-corrected chi connectivity index (χ0v) is 9.58. The quantitative estimate of drug-likeness (QED) is 0.728. The molecule has 2 rings (SSSR count).